The van der Waals surface area contributed by atoms with Gasteiger partial charge in [0.25, 0.3) is 0 Å². The van der Waals surface area contributed by atoms with Gasteiger partial charge in [0.15, 0.2) is 5.65 Å². The molecule has 0 saturated carbocycles. The Balaban J connectivity index is 2.00. The highest BCUT2D eigenvalue weighted by Crippen LogP contribution is 2.26. The average molecular weight is 311 g/mol. The van der Waals surface area contributed by atoms with Crippen LogP contribution in [0, 0.1) is 0 Å². The van der Waals surface area contributed by atoms with Crippen LogP contribution in [0.1, 0.15) is 22.8 Å². The fourth-order valence-corrected chi connectivity index (χ4v) is 2.34. The van der Waals surface area contributed by atoms with Crippen LogP contribution in [0.5, 0.6) is 0 Å². The fraction of sp³-hybridized carbons (Fsp3) is 0.250. The van der Waals surface area contributed by atoms with Crippen LogP contribution in [0.15, 0.2) is 36.9 Å². The van der Waals surface area contributed by atoms with E-state index in [1.807, 2.05) is 19.2 Å². The molecule has 0 fully saturated rings. The number of nitrogens with zero attached hydrogens (tertiary/aromatic N) is 4. The van der Waals surface area contributed by atoms with Gasteiger partial charge >= 0.3 is 5.97 Å². The number of carbonyl (C=O) groups is 1. The molecule has 0 radical (unpaired) electrons. The molecule has 118 valence electrons. The van der Waals surface area contributed by atoms with Gasteiger partial charge in [-0.15, -0.1) is 0 Å². The van der Waals surface area contributed by atoms with Crippen LogP contribution in [0.3, 0.4) is 0 Å². The lowest BCUT2D eigenvalue weighted by Crippen LogP contribution is -2.11. The molecule has 3 heterocycles. The van der Waals surface area contributed by atoms with Crippen molar-refractivity contribution < 1.29 is 9.53 Å². The molecule has 0 saturated heterocycles. The van der Waals surface area contributed by atoms with Crippen LogP contribution in [-0.4, -0.2) is 32.3 Å². The van der Waals surface area contributed by atoms with Crippen molar-refractivity contribution in [2.45, 2.75) is 13.5 Å². The van der Waals surface area contributed by atoms with E-state index in [9.17, 15) is 4.79 Å². The Bertz CT molecular complexity index is 829. The second-order valence-corrected chi connectivity index (χ2v) is 4.98. The number of rotatable bonds is 5. The molecule has 0 aromatic carbocycles. The molecule has 7 heteroatoms. The van der Waals surface area contributed by atoms with E-state index in [2.05, 4.69) is 20.4 Å². The summed E-state index contributed by atoms with van der Waals surface area (Å²) in [5, 5.41) is 8.30. The van der Waals surface area contributed by atoms with E-state index in [4.69, 9.17) is 4.74 Å². The van der Waals surface area contributed by atoms with Gasteiger partial charge in [0.2, 0.25) is 0 Å². The van der Waals surface area contributed by atoms with Crippen LogP contribution in [0.4, 0.5) is 5.69 Å². The number of hydrogen-bond acceptors (Lipinski definition) is 6. The number of nitrogens with one attached hydrogen (secondary N) is 1. The summed E-state index contributed by atoms with van der Waals surface area (Å²) < 4.78 is 6.79. The quantitative estimate of drug-likeness (QED) is 0.727. The van der Waals surface area contributed by atoms with E-state index in [1.165, 1.54) is 6.20 Å². The number of esters is 1. The minimum Gasteiger partial charge on any atom is -0.462 e. The molecule has 0 aliphatic rings. The summed E-state index contributed by atoms with van der Waals surface area (Å²) in [6, 6.07) is 3.83. The number of pyridine rings is 2. The zero-order chi connectivity index (χ0) is 16.2. The topological polar surface area (TPSA) is 81.9 Å². The summed E-state index contributed by atoms with van der Waals surface area (Å²) >= 11 is 0. The highest BCUT2D eigenvalue weighted by Gasteiger charge is 2.18. The third-order valence-electron chi connectivity index (χ3n) is 3.48. The van der Waals surface area contributed by atoms with Crippen LogP contribution < -0.4 is 5.32 Å². The van der Waals surface area contributed by atoms with E-state index < -0.39 is 5.97 Å². The lowest BCUT2D eigenvalue weighted by Gasteiger charge is -2.12. The van der Waals surface area contributed by atoms with Gasteiger partial charge in [-0.2, -0.15) is 5.10 Å². The van der Waals surface area contributed by atoms with Crippen molar-refractivity contribution in [3.05, 3.63) is 48.0 Å². The van der Waals surface area contributed by atoms with Crippen molar-refractivity contribution in [3.8, 4) is 0 Å². The second-order valence-electron chi connectivity index (χ2n) is 4.98. The predicted molar refractivity (Wildman–Crippen MR) is 86.0 cm³/mol. The van der Waals surface area contributed by atoms with Gasteiger partial charge in [-0.25, -0.2) is 9.78 Å². The lowest BCUT2D eigenvalue weighted by molar-refractivity contribution is 0.0527. The minimum atomic E-state index is -0.400. The first-order chi connectivity index (χ1) is 11.2. The number of hydrogen-bond donors (Lipinski definition) is 1. The standard InChI is InChI=1S/C16H17N5O2/c1-3-23-16(22)13-9-19-15-12(10-20-21(15)2)14(13)18-8-11-4-6-17-7-5-11/h4-7,9-10H,3,8H2,1-2H3,(H,18,19). The minimum absolute atomic E-state index is 0.313. The van der Waals surface area contributed by atoms with E-state index >= 15 is 0 Å². The van der Waals surface area contributed by atoms with E-state index in [0.29, 0.717) is 30.0 Å². The maximum absolute atomic E-state index is 12.2. The van der Waals surface area contributed by atoms with Gasteiger partial charge in [-0.3, -0.25) is 9.67 Å². The van der Waals surface area contributed by atoms with Gasteiger partial charge in [0, 0.05) is 32.2 Å². The monoisotopic (exact) mass is 311 g/mol. The molecule has 0 bridgehead atoms. The number of anilines is 1. The lowest BCUT2D eigenvalue weighted by atomic mass is 10.1. The van der Waals surface area contributed by atoms with Crippen molar-refractivity contribution >= 4 is 22.7 Å². The first-order valence-electron chi connectivity index (χ1n) is 7.31. The van der Waals surface area contributed by atoms with Gasteiger partial charge in [-0.05, 0) is 24.6 Å². The van der Waals surface area contributed by atoms with Crippen LogP contribution in [0.2, 0.25) is 0 Å². The maximum atomic E-state index is 12.2. The smallest absolute Gasteiger partial charge is 0.341 e. The zero-order valence-corrected chi connectivity index (χ0v) is 13.0. The van der Waals surface area contributed by atoms with Crippen molar-refractivity contribution in [3.63, 3.8) is 0 Å². The number of aryl methyl sites for hydroxylation is 1. The molecule has 23 heavy (non-hydrogen) atoms. The highest BCUT2D eigenvalue weighted by atomic mass is 16.5. The van der Waals surface area contributed by atoms with Crippen molar-refractivity contribution in [1.82, 2.24) is 19.7 Å². The van der Waals surface area contributed by atoms with Gasteiger partial charge < -0.3 is 10.1 Å². The number of fused-ring (bicyclic) bond motifs is 1. The summed E-state index contributed by atoms with van der Waals surface area (Å²) in [6.45, 7) is 2.65. The van der Waals surface area contributed by atoms with E-state index in [1.54, 1.807) is 30.2 Å². The van der Waals surface area contributed by atoms with Crippen molar-refractivity contribution in [2.24, 2.45) is 7.05 Å². The van der Waals surface area contributed by atoms with Gasteiger partial charge in [0.1, 0.15) is 5.56 Å². The third-order valence-corrected chi connectivity index (χ3v) is 3.48. The molecule has 0 aliphatic heterocycles. The summed E-state index contributed by atoms with van der Waals surface area (Å²) in [5.74, 6) is -0.400. The van der Waals surface area contributed by atoms with E-state index in [0.717, 1.165) is 10.9 Å². The number of carbonyl (C=O) groups excluding carboxylic acids is 1. The molecule has 0 amide bonds. The van der Waals surface area contributed by atoms with Crippen LogP contribution in [-0.2, 0) is 18.3 Å². The summed E-state index contributed by atoms with van der Waals surface area (Å²) in [7, 11) is 1.81. The largest absolute Gasteiger partial charge is 0.462 e. The third kappa shape index (κ3) is 2.98. The predicted octanol–water partition coefficient (Wildman–Crippen LogP) is 2.15. The molecule has 7 nitrogen and oxygen atoms in total. The Morgan fingerprint density at radius 3 is 2.83 bits per heavy atom. The molecule has 0 spiro atoms. The van der Waals surface area contributed by atoms with Crippen LogP contribution in [0.25, 0.3) is 11.0 Å². The Kier molecular flexibility index (Phi) is 4.18. The Labute approximate surface area is 133 Å². The molecule has 3 aromatic heterocycles. The second kappa shape index (κ2) is 6.43. The van der Waals surface area contributed by atoms with Gasteiger partial charge in [0.05, 0.1) is 23.9 Å². The molecular weight excluding hydrogens is 294 g/mol. The number of ether oxygens (including phenoxy) is 1. The van der Waals surface area contributed by atoms with E-state index in [-0.39, 0.29) is 0 Å². The van der Waals surface area contributed by atoms with Crippen molar-refractivity contribution in [1.29, 1.82) is 0 Å². The number of aromatic nitrogens is 4. The summed E-state index contributed by atoms with van der Waals surface area (Å²) in [6.07, 6.45) is 6.68. The highest BCUT2D eigenvalue weighted by molar-refractivity contribution is 6.04. The SMILES string of the molecule is CCOC(=O)c1cnc2c(cnn2C)c1NCc1ccncc1. The molecule has 1 N–H and O–H groups in total. The molecule has 0 unspecified atom stereocenters. The first kappa shape index (κ1) is 15.0. The first-order valence-corrected chi connectivity index (χ1v) is 7.31. The van der Waals surface area contributed by atoms with Crippen LogP contribution >= 0.6 is 0 Å². The summed E-state index contributed by atoms with van der Waals surface area (Å²) in [5.41, 5.74) is 2.85. The molecule has 0 atom stereocenters. The molecule has 0 aliphatic carbocycles. The van der Waals surface area contributed by atoms with Crippen molar-refractivity contribution in [2.75, 3.05) is 11.9 Å². The summed E-state index contributed by atoms with van der Waals surface area (Å²) in [4.78, 5) is 20.5. The molecule has 3 aromatic rings. The molecule has 3 rings (SSSR count). The average Bonchev–Trinajstić information content (AvgIpc) is 2.95. The Hall–Kier alpha value is -2.96. The normalized spacial score (nSPS) is 10.7. The van der Waals surface area contributed by atoms with Gasteiger partial charge in [-0.1, -0.05) is 0 Å². The zero-order valence-electron chi connectivity index (χ0n) is 13.0. The fourth-order valence-electron chi connectivity index (χ4n) is 2.34. The molecular formula is C16H17N5O2. The maximum Gasteiger partial charge on any atom is 0.341 e. The Morgan fingerprint density at radius 1 is 1.30 bits per heavy atom. The Morgan fingerprint density at radius 2 is 2.09 bits per heavy atom.